The van der Waals surface area contributed by atoms with Gasteiger partial charge in [-0.3, -0.25) is 0 Å². The number of amides is 2. The van der Waals surface area contributed by atoms with Gasteiger partial charge in [0, 0.05) is 35.1 Å². The Morgan fingerprint density at radius 3 is 2.18 bits per heavy atom. The summed E-state index contributed by atoms with van der Waals surface area (Å²) in [5.41, 5.74) is 6.55. The first-order valence-corrected chi connectivity index (χ1v) is 19.0. The summed E-state index contributed by atoms with van der Waals surface area (Å²) < 4.78 is 18.1. The van der Waals surface area contributed by atoms with Gasteiger partial charge in [-0.15, -0.1) is 11.8 Å². The van der Waals surface area contributed by atoms with Crippen LogP contribution in [-0.2, 0) is 38.6 Å². The summed E-state index contributed by atoms with van der Waals surface area (Å²) in [4.78, 5) is 37.8. The van der Waals surface area contributed by atoms with Gasteiger partial charge in [0.05, 0.1) is 31.5 Å². The van der Waals surface area contributed by atoms with Crippen molar-refractivity contribution in [1.82, 2.24) is 10.6 Å². The Kier molecular flexibility index (Phi) is 13.4. The molecule has 0 unspecified atom stereocenters. The zero-order valence-electron chi connectivity index (χ0n) is 30.6. The maximum atomic E-state index is 12.8. The van der Waals surface area contributed by atoms with Crippen LogP contribution in [-0.4, -0.2) is 53.2 Å². The largest absolute Gasteiger partial charge is 0.478 e. The number of carboxylic acids is 1. The van der Waals surface area contributed by atoms with Crippen molar-refractivity contribution < 1.29 is 38.8 Å². The van der Waals surface area contributed by atoms with Gasteiger partial charge in [0.1, 0.15) is 6.04 Å². The number of carbonyl (C=O) groups excluding carboxylic acids is 2. The zero-order valence-corrected chi connectivity index (χ0v) is 31.4. The minimum Gasteiger partial charge on any atom is -0.478 e. The molecule has 4 N–H and O–H groups in total. The number of nitrogens with one attached hydrogen (secondary N) is 2. The molecule has 0 radical (unpaired) electrons. The summed E-state index contributed by atoms with van der Waals surface area (Å²) >= 11 is 1.45. The van der Waals surface area contributed by atoms with Crippen LogP contribution in [0.15, 0.2) is 132 Å². The molecule has 6 rings (SSSR count). The van der Waals surface area contributed by atoms with Crippen LogP contribution in [0.4, 0.5) is 4.79 Å². The molecule has 1 heterocycles. The number of urea groups is 1. The van der Waals surface area contributed by atoms with Gasteiger partial charge in [0.2, 0.25) is 0 Å². The third-order valence-corrected chi connectivity index (χ3v) is 10.8. The molecule has 0 aromatic heterocycles. The molecule has 1 aliphatic heterocycles. The zero-order chi connectivity index (χ0) is 38.7. The summed E-state index contributed by atoms with van der Waals surface area (Å²) in [6.45, 7) is 2.27. The Labute approximate surface area is 324 Å². The number of hydrogen-bond acceptors (Lipinski definition) is 8. The number of benzene rings is 5. The standard InChI is InChI=1S/C44H44N2O8S/c1-28-38(27-55-39-14-7-6-13-36(39)41(48)49)53-43(54-40(28)33-17-15-30(26-47)16-18-33)34-21-19-32(20-22-34)35-12-8-11-31(23-35)25-45-44(51)46-37(42(50)52-2)24-29-9-4-3-5-10-29/h3-23,28,37-38,40,43,47H,24-27H2,1-2H3,(H,48,49)(H2,45,46,51)/t28-,37-,38+,40+,43+/m0/s1. The van der Waals surface area contributed by atoms with E-state index in [1.54, 1.807) is 12.1 Å². The van der Waals surface area contributed by atoms with Crippen LogP contribution in [0.1, 0.15) is 57.5 Å². The lowest BCUT2D eigenvalue weighted by atomic mass is 9.91. The predicted molar refractivity (Wildman–Crippen MR) is 210 cm³/mol. The van der Waals surface area contributed by atoms with E-state index in [1.165, 1.54) is 18.9 Å². The van der Waals surface area contributed by atoms with Crippen LogP contribution in [0, 0.1) is 5.92 Å². The number of thioether (sulfide) groups is 1. The van der Waals surface area contributed by atoms with Crippen LogP contribution in [0.3, 0.4) is 0 Å². The third kappa shape index (κ3) is 10.2. The van der Waals surface area contributed by atoms with Gasteiger partial charge >= 0.3 is 18.0 Å². The number of hydrogen-bond donors (Lipinski definition) is 4. The Morgan fingerprint density at radius 1 is 0.782 bits per heavy atom. The van der Waals surface area contributed by atoms with Crippen LogP contribution in [0.25, 0.3) is 11.1 Å². The average Bonchev–Trinajstić information content (AvgIpc) is 3.22. The fourth-order valence-corrected chi connectivity index (χ4v) is 7.73. The summed E-state index contributed by atoms with van der Waals surface area (Å²) in [6, 6.07) is 38.6. The SMILES string of the molecule is COC(=O)[C@H](Cc1ccccc1)NC(=O)NCc1cccc(-c2ccc([C@@H]3O[C@H](CSc4ccccc4C(=O)O)[C@H](C)[C@H](c4ccc(CO)cc4)O3)cc2)c1. The van der Waals surface area contributed by atoms with Crippen molar-refractivity contribution in [2.75, 3.05) is 12.9 Å². The number of esters is 1. The van der Waals surface area contributed by atoms with Crippen LogP contribution >= 0.6 is 11.8 Å². The lowest BCUT2D eigenvalue weighted by Gasteiger charge is -2.41. The van der Waals surface area contributed by atoms with Crippen LogP contribution in [0.5, 0.6) is 0 Å². The minimum atomic E-state index is -0.973. The molecule has 0 aliphatic carbocycles. The van der Waals surface area contributed by atoms with E-state index in [2.05, 4.69) is 17.6 Å². The van der Waals surface area contributed by atoms with Crippen molar-refractivity contribution in [2.45, 2.75) is 55.9 Å². The van der Waals surface area contributed by atoms with Crippen LogP contribution in [0.2, 0.25) is 0 Å². The lowest BCUT2D eigenvalue weighted by molar-refractivity contribution is -0.268. The number of aliphatic hydroxyl groups excluding tert-OH is 1. The highest BCUT2D eigenvalue weighted by atomic mass is 32.2. The smallest absolute Gasteiger partial charge is 0.336 e. The second-order valence-corrected chi connectivity index (χ2v) is 14.4. The molecule has 1 aliphatic rings. The summed E-state index contributed by atoms with van der Waals surface area (Å²) in [5.74, 6) is -1.04. The van der Waals surface area contributed by atoms with Crippen molar-refractivity contribution in [3.63, 3.8) is 0 Å². The predicted octanol–water partition coefficient (Wildman–Crippen LogP) is 7.71. The van der Waals surface area contributed by atoms with E-state index in [9.17, 15) is 24.6 Å². The lowest BCUT2D eigenvalue weighted by Crippen LogP contribution is -2.47. The Balaban J connectivity index is 1.14. The van der Waals surface area contributed by atoms with E-state index >= 15 is 0 Å². The monoisotopic (exact) mass is 760 g/mol. The Morgan fingerprint density at radius 2 is 1.47 bits per heavy atom. The fourth-order valence-electron chi connectivity index (χ4n) is 6.52. The molecule has 10 nitrogen and oxygen atoms in total. The Bertz CT molecular complexity index is 2060. The van der Waals surface area contributed by atoms with Crippen molar-refractivity contribution >= 4 is 29.7 Å². The number of carboxylic acid groups (broad SMARTS) is 1. The van der Waals surface area contributed by atoms with E-state index in [4.69, 9.17) is 14.2 Å². The molecule has 0 saturated carbocycles. The van der Waals surface area contributed by atoms with Crippen LogP contribution < -0.4 is 10.6 Å². The number of rotatable bonds is 14. The van der Waals surface area contributed by atoms with E-state index in [-0.39, 0.29) is 36.8 Å². The second kappa shape index (κ2) is 18.7. The van der Waals surface area contributed by atoms with Crippen molar-refractivity contribution in [1.29, 1.82) is 0 Å². The first-order chi connectivity index (χ1) is 26.7. The molecule has 2 amide bonds. The molecule has 0 bridgehead atoms. The molecule has 1 saturated heterocycles. The summed E-state index contributed by atoms with van der Waals surface area (Å²) in [5, 5.41) is 24.9. The first kappa shape index (κ1) is 39.2. The number of aliphatic hydroxyl groups is 1. The van der Waals surface area contributed by atoms with Gasteiger partial charge in [0.15, 0.2) is 6.29 Å². The van der Waals surface area contributed by atoms with E-state index in [0.717, 1.165) is 38.9 Å². The fraction of sp³-hybridized carbons (Fsp3) is 0.250. The van der Waals surface area contributed by atoms with Crippen molar-refractivity contribution in [3.05, 3.63) is 161 Å². The number of ether oxygens (including phenoxy) is 3. The molecular formula is C44H44N2O8S. The van der Waals surface area contributed by atoms with E-state index in [1.807, 2.05) is 115 Å². The molecule has 284 valence electrons. The van der Waals surface area contributed by atoms with E-state index in [0.29, 0.717) is 17.1 Å². The summed E-state index contributed by atoms with van der Waals surface area (Å²) in [6.07, 6.45) is -0.954. The molecule has 11 heteroatoms. The van der Waals surface area contributed by atoms with Gasteiger partial charge in [-0.2, -0.15) is 0 Å². The molecule has 55 heavy (non-hydrogen) atoms. The van der Waals surface area contributed by atoms with Gasteiger partial charge in [-0.1, -0.05) is 116 Å². The molecule has 5 aromatic carbocycles. The quantitative estimate of drug-likeness (QED) is 0.0661. The molecular weight excluding hydrogens is 717 g/mol. The molecule has 5 atom stereocenters. The minimum absolute atomic E-state index is 0.0525. The highest BCUT2D eigenvalue weighted by molar-refractivity contribution is 7.99. The average molecular weight is 761 g/mol. The second-order valence-electron chi connectivity index (χ2n) is 13.3. The maximum absolute atomic E-state index is 12.8. The first-order valence-electron chi connectivity index (χ1n) is 18.0. The third-order valence-electron chi connectivity index (χ3n) is 9.61. The highest BCUT2D eigenvalue weighted by Crippen LogP contribution is 2.43. The van der Waals surface area contributed by atoms with Gasteiger partial charge < -0.3 is 35.1 Å². The van der Waals surface area contributed by atoms with Crippen molar-refractivity contribution in [3.8, 4) is 11.1 Å². The topological polar surface area (TPSA) is 143 Å². The number of aromatic carboxylic acids is 1. The van der Waals surface area contributed by atoms with Gasteiger partial charge in [-0.05, 0) is 51.6 Å². The Hall–Kier alpha value is -5.46. The number of carbonyl (C=O) groups is 3. The normalized spacial score (nSPS) is 18.5. The van der Waals surface area contributed by atoms with Crippen molar-refractivity contribution in [2.24, 2.45) is 5.92 Å². The highest BCUT2D eigenvalue weighted by Gasteiger charge is 2.38. The molecule has 1 fully saturated rings. The molecule has 0 spiro atoms. The summed E-state index contributed by atoms with van der Waals surface area (Å²) in [7, 11) is 1.30. The molecule has 5 aromatic rings. The maximum Gasteiger partial charge on any atom is 0.336 e. The van der Waals surface area contributed by atoms with E-state index < -0.39 is 30.3 Å². The van der Waals surface area contributed by atoms with Gasteiger partial charge in [-0.25, -0.2) is 14.4 Å². The van der Waals surface area contributed by atoms with Gasteiger partial charge in [0.25, 0.3) is 0 Å². The number of methoxy groups -OCH3 is 1.